The Morgan fingerprint density at radius 1 is 1.41 bits per heavy atom. The van der Waals surface area contributed by atoms with E-state index in [2.05, 4.69) is 11.8 Å². The van der Waals surface area contributed by atoms with E-state index < -0.39 is 12.2 Å². The molecule has 0 bridgehead atoms. The van der Waals surface area contributed by atoms with Crippen LogP contribution < -0.4 is 0 Å². The summed E-state index contributed by atoms with van der Waals surface area (Å²) in [7, 11) is 2.85. The van der Waals surface area contributed by atoms with Gasteiger partial charge in [-0.3, -0.25) is 9.63 Å². The van der Waals surface area contributed by atoms with E-state index in [4.69, 9.17) is 0 Å². The monoisotopic (exact) mass is 245 g/mol. The second-order valence-electron chi connectivity index (χ2n) is 3.93. The van der Waals surface area contributed by atoms with Crippen molar-refractivity contribution in [2.24, 2.45) is 0 Å². The SMILES string of the molecule is CCCCC[C@@H](O)[C@H](O)/C=C/C(=O)N(C)OC. The molecule has 0 aliphatic rings. The molecule has 0 aliphatic carbocycles. The number of hydrogen-bond donors (Lipinski definition) is 2. The van der Waals surface area contributed by atoms with Gasteiger partial charge in [0.15, 0.2) is 0 Å². The number of carbonyl (C=O) groups is 1. The average molecular weight is 245 g/mol. The van der Waals surface area contributed by atoms with E-state index in [1.54, 1.807) is 0 Å². The van der Waals surface area contributed by atoms with E-state index in [0.717, 1.165) is 24.3 Å². The highest BCUT2D eigenvalue weighted by Crippen LogP contribution is 2.07. The van der Waals surface area contributed by atoms with Gasteiger partial charge >= 0.3 is 0 Å². The van der Waals surface area contributed by atoms with Crippen LogP contribution in [0.25, 0.3) is 0 Å². The highest BCUT2D eigenvalue weighted by atomic mass is 16.7. The third-order valence-corrected chi connectivity index (χ3v) is 2.52. The molecule has 0 spiro atoms. The molecule has 100 valence electrons. The summed E-state index contributed by atoms with van der Waals surface area (Å²) in [6, 6.07) is 0. The van der Waals surface area contributed by atoms with Crippen molar-refractivity contribution in [2.45, 2.75) is 44.8 Å². The van der Waals surface area contributed by atoms with Gasteiger partial charge in [0, 0.05) is 13.1 Å². The number of amides is 1. The Kier molecular flexibility index (Phi) is 8.66. The minimum absolute atomic E-state index is 0.382. The molecule has 5 heteroatoms. The molecule has 0 aromatic rings. The lowest BCUT2D eigenvalue weighted by molar-refractivity contribution is -0.162. The first-order chi connectivity index (χ1) is 8.02. The minimum Gasteiger partial charge on any atom is -0.390 e. The van der Waals surface area contributed by atoms with Gasteiger partial charge in [0.1, 0.15) is 0 Å². The maximum absolute atomic E-state index is 11.3. The van der Waals surface area contributed by atoms with E-state index in [-0.39, 0.29) is 5.91 Å². The van der Waals surface area contributed by atoms with Crippen LogP contribution in [0.15, 0.2) is 12.2 Å². The summed E-state index contributed by atoms with van der Waals surface area (Å²) in [6.07, 6.45) is 4.14. The number of unbranched alkanes of at least 4 members (excludes halogenated alkanes) is 2. The summed E-state index contributed by atoms with van der Waals surface area (Å²) in [5.41, 5.74) is 0. The zero-order valence-corrected chi connectivity index (χ0v) is 10.8. The summed E-state index contributed by atoms with van der Waals surface area (Å²) in [5, 5.41) is 20.2. The molecule has 0 rings (SSSR count). The van der Waals surface area contributed by atoms with Gasteiger partial charge in [-0.15, -0.1) is 0 Å². The van der Waals surface area contributed by atoms with Crippen molar-refractivity contribution in [1.82, 2.24) is 5.06 Å². The Labute approximate surface area is 103 Å². The van der Waals surface area contributed by atoms with Gasteiger partial charge in [0.05, 0.1) is 19.3 Å². The normalized spacial score (nSPS) is 14.9. The summed E-state index contributed by atoms with van der Waals surface area (Å²) in [4.78, 5) is 16.0. The second kappa shape index (κ2) is 9.15. The van der Waals surface area contributed by atoms with Crippen LogP contribution >= 0.6 is 0 Å². The van der Waals surface area contributed by atoms with Crippen molar-refractivity contribution in [3.8, 4) is 0 Å². The quantitative estimate of drug-likeness (QED) is 0.378. The van der Waals surface area contributed by atoms with Crippen LogP contribution in [0, 0.1) is 0 Å². The lowest BCUT2D eigenvalue weighted by Gasteiger charge is -2.15. The number of aliphatic hydroxyl groups is 2. The zero-order chi connectivity index (χ0) is 13.3. The molecule has 0 unspecified atom stereocenters. The van der Waals surface area contributed by atoms with Crippen molar-refractivity contribution in [1.29, 1.82) is 0 Å². The van der Waals surface area contributed by atoms with Crippen LogP contribution in [0.1, 0.15) is 32.6 Å². The van der Waals surface area contributed by atoms with Crippen molar-refractivity contribution < 1.29 is 19.8 Å². The molecular weight excluding hydrogens is 222 g/mol. The van der Waals surface area contributed by atoms with Crippen molar-refractivity contribution >= 4 is 5.91 Å². The summed E-state index contributed by atoms with van der Waals surface area (Å²) >= 11 is 0. The fourth-order valence-corrected chi connectivity index (χ4v) is 1.28. The average Bonchev–Trinajstić information content (AvgIpc) is 2.34. The molecule has 17 heavy (non-hydrogen) atoms. The maximum atomic E-state index is 11.3. The molecule has 1 amide bonds. The topological polar surface area (TPSA) is 70.0 Å². The maximum Gasteiger partial charge on any atom is 0.269 e. The number of hydroxylamine groups is 2. The summed E-state index contributed by atoms with van der Waals surface area (Å²) in [6.45, 7) is 2.07. The zero-order valence-electron chi connectivity index (χ0n) is 10.8. The highest BCUT2D eigenvalue weighted by molar-refractivity contribution is 5.86. The first-order valence-electron chi connectivity index (χ1n) is 5.89. The van der Waals surface area contributed by atoms with Crippen LogP contribution in [-0.2, 0) is 9.63 Å². The van der Waals surface area contributed by atoms with Gasteiger partial charge in [-0.05, 0) is 12.5 Å². The predicted molar refractivity (Wildman–Crippen MR) is 65.1 cm³/mol. The van der Waals surface area contributed by atoms with Crippen molar-refractivity contribution in [3.05, 3.63) is 12.2 Å². The lowest BCUT2D eigenvalue weighted by atomic mass is 10.1. The van der Waals surface area contributed by atoms with Crippen LogP contribution in [0.5, 0.6) is 0 Å². The number of aliphatic hydroxyl groups excluding tert-OH is 2. The van der Waals surface area contributed by atoms with Crippen LogP contribution in [-0.4, -0.2) is 47.5 Å². The number of hydrogen-bond acceptors (Lipinski definition) is 4. The molecule has 5 nitrogen and oxygen atoms in total. The van der Waals surface area contributed by atoms with E-state index in [1.807, 2.05) is 0 Å². The molecule has 0 saturated heterocycles. The van der Waals surface area contributed by atoms with Gasteiger partial charge in [0.25, 0.3) is 5.91 Å². The number of nitrogens with zero attached hydrogens (tertiary/aromatic N) is 1. The molecule has 0 heterocycles. The van der Waals surface area contributed by atoms with E-state index in [0.29, 0.717) is 6.42 Å². The molecular formula is C12H23NO4. The van der Waals surface area contributed by atoms with Gasteiger partial charge in [0.2, 0.25) is 0 Å². The van der Waals surface area contributed by atoms with Crippen LogP contribution in [0.3, 0.4) is 0 Å². The second-order valence-corrected chi connectivity index (χ2v) is 3.93. The Morgan fingerprint density at radius 2 is 2.06 bits per heavy atom. The molecule has 0 aliphatic heterocycles. The number of carbonyl (C=O) groups excluding carboxylic acids is 1. The minimum atomic E-state index is -1.01. The van der Waals surface area contributed by atoms with E-state index in [1.165, 1.54) is 26.3 Å². The van der Waals surface area contributed by atoms with Crippen LogP contribution in [0.2, 0.25) is 0 Å². The molecule has 0 radical (unpaired) electrons. The van der Waals surface area contributed by atoms with Crippen molar-refractivity contribution in [3.63, 3.8) is 0 Å². The van der Waals surface area contributed by atoms with E-state index >= 15 is 0 Å². The molecule has 0 aromatic carbocycles. The Bertz CT molecular complexity index is 243. The molecule has 0 aromatic heterocycles. The summed E-state index contributed by atoms with van der Waals surface area (Å²) < 4.78 is 0. The van der Waals surface area contributed by atoms with Gasteiger partial charge in [-0.25, -0.2) is 5.06 Å². The third kappa shape index (κ3) is 7.10. The Hall–Kier alpha value is -0.910. The molecule has 2 N–H and O–H groups in total. The number of rotatable bonds is 8. The predicted octanol–water partition coefficient (Wildman–Crippen LogP) is 0.864. The fraction of sp³-hybridized carbons (Fsp3) is 0.750. The highest BCUT2D eigenvalue weighted by Gasteiger charge is 2.13. The summed E-state index contributed by atoms with van der Waals surface area (Å²) in [5.74, 6) is -0.382. The molecule has 0 fully saturated rings. The standard InChI is InChI=1S/C12H23NO4/c1-4-5-6-7-10(14)11(15)8-9-12(16)13(2)17-3/h8-11,14-15H,4-7H2,1-3H3/b9-8+/t10-,11-/m1/s1. The first kappa shape index (κ1) is 16.1. The lowest BCUT2D eigenvalue weighted by Crippen LogP contribution is -2.26. The largest absolute Gasteiger partial charge is 0.390 e. The van der Waals surface area contributed by atoms with Gasteiger partial charge in [-0.1, -0.05) is 26.2 Å². The van der Waals surface area contributed by atoms with Gasteiger partial charge < -0.3 is 10.2 Å². The molecule has 0 saturated carbocycles. The van der Waals surface area contributed by atoms with Crippen LogP contribution in [0.4, 0.5) is 0 Å². The van der Waals surface area contributed by atoms with Crippen molar-refractivity contribution in [2.75, 3.05) is 14.2 Å². The number of likely N-dealkylation sites (N-methyl/N-ethyl adjacent to an activating group) is 1. The Morgan fingerprint density at radius 3 is 2.59 bits per heavy atom. The van der Waals surface area contributed by atoms with Gasteiger partial charge in [-0.2, -0.15) is 0 Å². The smallest absolute Gasteiger partial charge is 0.269 e. The third-order valence-electron chi connectivity index (χ3n) is 2.52. The molecule has 2 atom stereocenters. The first-order valence-corrected chi connectivity index (χ1v) is 5.89. The fourth-order valence-electron chi connectivity index (χ4n) is 1.28. The van der Waals surface area contributed by atoms with E-state index in [9.17, 15) is 15.0 Å². The Balaban J connectivity index is 4.01.